The van der Waals surface area contributed by atoms with E-state index in [1.807, 2.05) is 0 Å². The Labute approximate surface area is 88.6 Å². The number of carbonyl (C=O) groups excluding carboxylic acids is 1. The molecule has 1 aliphatic carbocycles. The Morgan fingerprint density at radius 3 is 2.71 bits per heavy atom. The normalized spacial score (nSPS) is 20.6. The van der Waals surface area contributed by atoms with Crippen LogP contribution in [0.4, 0.5) is 0 Å². The third kappa shape index (κ3) is 2.56. The van der Waals surface area contributed by atoms with Crippen LogP contribution in [-0.4, -0.2) is 19.1 Å². The Hall–Kier alpha value is -0.870. The molecule has 3 nitrogen and oxygen atoms in total. The summed E-state index contributed by atoms with van der Waals surface area (Å²) < 4.78 is 21.7. The van der Waals surface area contributed by atoms with Crippen LogP contribution in [0.25, 0.3) is 0 Å². The van der Waals surface area contributed by atoms with Crippen LogP contribution in [0.2, 0.25) is 0 Å². The van der Waals surface area contributed by atoms with E-state index in [1.54, 1.807) is 12.2 Å². The van der Waals surface area contributed by atoms with Crippen LogP contribution in [0, 0.1) is 5.92 Å². The van der Waals surface area contributed by atoms with Crippen molar-refractivity contribution in [1.29, 1.82) is 0 Å². The van der Waals surface area contributed by atoms with Gasteiger partial charge in [0.05, 0.1) is 9.90 Å². The van der Waals surface area contributed by atoms with E-state index < -0.39 is 16.2 Å². The van der Waals surface area contributed by atoms with Crippen molar-refractivity contribution in [3.05, 3.63) is 23.3 Å². The maximum atomic E-state index is 10.9. The molecule has 0 spiro atoms. The second-order valence-corrected chi connectivity index (χ2v) is 4.33. The summed E-state index contributed by atoms with van der Waals surface area (Å²) in [4.78, 5) is 11.0. The summed E-state index contributed by atoms with van der Waals surface area (Å²) in [6, 6.07) is 0. The number of Topliss-reactive ketones (excluding diaryl/α,β-unsaturated/α-hetero) is 1. The molecule has 1 unspecified atom stereocenters. The highest BCUT2D eigenvalue weighted by atomic mass is 35.5. The van der Waals surface area contributed by atoms with Gasteiger partial charge < -0.3 is 0 Å². The topological polar surface area (TPSA) is 51.2 Å². The van der Waals surface area contributed by atoms with Crippen molar-refractivity contribution in [2.24, 2.45) is 5.92 Å². The van der Waals surface area contributed by atoms with Crippen molar-refractivity contribution in [2.75, 3.05) is 0 Å². The van der Waals surface area contributed by atoms with Crippen molar-refractivity contribution in [1.82, 2.24) is 0 Å². The first-order valence-electron chi connectivity index (χ1n) is 4.02. The molecule has 1 aliphatic rings. The molecule has 5 heteroatoms. The largest absolute Gasteiger partial charge is 0.300 e. The van der Waals surface area contributed by atoms with Gasteiger partial charge in [0.2, 0.25) is 10.3 Å². The molecule has 0 aliphatic heterocycles. The molecule has 0 bridgehead atoms. The molecule has 1 rings (SSSR count). The van der Waals surface area contributed by atoms with Gasteiger partial charge in [-0.15, -0.1) is 0 Å². The highest BCUT2D eigenvalue weighted by Gasteiger charge is 2.21. The molecule has 0 fully saturated rings. The molecule has 14 heavy (non-hydrogen) atoms. The van der Waals surface area contributed by atoms with E-state index in [1.165, 1.54) is 13.0 Å². The van der Waals surface area contributed by atoms with Gasteiger partial charge in [-0.1, -0.05) is 23.8 Å². The lowest BCUT2D eigenvalue weighted by Gasteiger charge is -2.13. The summed E-state index contributed by atoms with van der Waals surface area (Å²) in [7, 11) is -2.37. The van der Waals surface area contributed by atoms with Crippen LogP contribution >= 0.6 is 11.6 Å². The number of carbonyl (C=O) groups is 1. The highest BCUT2D eigenvalue weighted by Crippen LogP contribution is 2.21. The molecule has 0 aromatic heterocycles. The van der Waals surface area contributed by atoms with Gasteiger partial charge in [0.25, 0.3) is 0 Å². The zero-order valence-electron chi connectivity index (χ0n) is 7.53. The summed E-state index contributed by atoms with van der Waals surface area (Å²) in [5.74, 6) is -0.475. The molecule has 0 amide bonds. The first-order chi connectivity index (χ1) is 6.52. The first kappa shape index (κ1) is 11.2. The molecule has 0 heterocycles. The van der Waals surface area contributed by atoms with E-state index in [-0.39, 0.29) is 22.1 Å². The van der Waals surface area contributed by atoms with Crippen LogP contribution in [0.5, 0.6) is 0 Å². The second-order valence-electron chi connectivity index (χ2n) is 3.01. The van der Waals surface area contributed by atoms with Crippen LogP contribution in [0.15, 0.2) is 23.3 Å². The third-order valence-corrected chi connectivity index (χ3v) is 3.17. The molecule has 0 radical (unpaired) electrons. The Kier molecular flexibility index (Phi) is 3.66. The number of hydrogen-bond donors (Lipinski definition) is 0. The molecular formula is C9H9ClO3S. The number of ketones is 1. The van der Waals surface area contributed by atoms with Crippen molar-refractivity contribution in [3.63, 3.8) is 0 Å². The highest BCUT2D eigenvalue weighted by molar-refractivity contribution is 7.73. The van der Waals surface area contributed by atoms with Crippen LogP contribution in [-0.2, 0) is 15.1 Å². The number of rotatable bonds is 2. The number of halogens is 1. The Bertz CT molecular complexity index is 435. The standard InChI is InChI=1S/C9H9ClO3S/c1-6(11)5-7-3-2-4-8(10)9(7)14(12)13/h2-4,7H,5H2,1H3. The second kappa shape index (κ2) is 4.57. The Morgan fingerprint density at radius 2 is 2.21 bits per heavy atom. The summed E-state index contributed by atoms with van der Waals surface area (Å²) in [6.45, 7) is 1.42. The SMILES string of the molecule is CC(=O)CC1C=CC=C(Cl)C1=S(=O)=O. The molecule has 0 saturated heterocycles. The zero-order chi connectivity index (χ0) is 10.7. The minimum absolute atomic E-state index is 0.0611. The summed E-state index contributed by atoms with van der Waals surface area (Å²) in [5.41, 5.74) is 0. The van der Waals surface area contributed by atoms with Gasteiger partial charge in [-0.3, -0.25) is 4.79 Å². The van der Waals surface area contributed by atoms with E-state index >= 15 is 0 Å². The third-order valence-electron chi connectivity index (χ3n) is 1.85. The van der Waals surface area contributed by atoms with E-state index in [0.717, 1.165) is 0 Å². The van der Waals surface area contributed by atoms with Gasteiger partial charge in [0.1, 0.15) is 5.78 Å². The maximum absolute atomic E-state index is 10.9. The van der Waals surface area contributed by atoms with Gasteiger partial charge in [0.15, 0.2) is 0 Å². The van der Waals surface area contributed by atoms with Crippen LogP contribution in [0.1, 0.15) is 13.3 Å². The lowest BCUT2D eigenvalue weighted by molar-refractivity contribution is -0.117. The molecule has 0 aromatic carbocycles. The number of allylic oxidation sites excluding steroid dienone is 4. The molecule has 0 saturated carbocycles. The van der Waals surface area contributed by atoms with Gasteiger partial charge in [-0.05, 0) is 13.0 Å². The van der Waals surface area contributed by atoms with Crippen molar-refractivity contribution in [2.45, 2.75) is 13.3 Å². The maximum Gasteiger partial charge on any atom is 0.219 e. The Balaban J connectivity index is 3.10. The molecule has 0 N–H and O–H groups in total. The fourth-order valence-electron chi connectivity index (χ4n) is 1.29. The summed E-state index contributed by atoms with van der Waals surface area (Å²) in [6.07, 6.45) is 5.00. The first-order valence-corrected chi connectivity index (χ1v) is 5.47. The summed E-state index contributed by atoms with van der Waals surface area (Å²) >= 11 is 5.72. The fraction of sp³-hybridized carbons (Fsp3) is 0.333. The van der Waals surface area contributed by atoms with E-state index in [0.29, 0.717) is 0 Å². The Morgan fingerprint density at radius 1 is 1.57 bits per heavy atom. The monoisotopic (exact) mass is 232 g/mol. The van der Waals surface area contributed by atoms with Crippen molar-refractivity contribution >= 4 is 32.5 Å². The summed E-state index contributed by atoms with van der Waals surface area (Å²) in [5, 5.41) is 0.187. The predicted molar refractivity (Wildman–Crippen MR) is 55.8 cm³/mol. The molecule has 76 valence electrons. The van der Waals surface area contributed by atoms with Crippen LogP contribution < -0.4 is 0 Å². The van der Waals surface area contributed by atoms with Gasteiger partial charge in [0, 0.05) is 12.3 Å². The van der Waals surface area contributed by atoms with Crippen LogP contribution in [0.3, 0.4) is 0 Å². The lowest BCUT2D eigenvalue weighted by Crippen LogP contribution is -2.18. The van der Waals surface area contributed by atoms with E-state index in [2.05, 4.69) is 0 Å². The fourth-order valence-corrected chi connectivity index (χ4v) is 2.33. The molecular weight excluding hydrogens is 224 g/mol. The van der Waals surface area contributed by atoms with Crippen molar-refractivity contribution < 1.29 is 13.2 Å². The average Bonchev–Trinajstić information content (AvgIpc) is 2.01. The number of hydrogen-bond acceptors (Lipinski definition) is 3. The average molecular weight is 233 g/mol. The van der Waals surface area contributed by atoms with Gasteiger partial charge in [-0.2, -0.15) is 8.42 Å². The smallest absolute Gasteiger partial charge is 0.219 e. The predicted octanol–water partition coefficient (Wildman–Crippen LogP) is 1.33. The minimum Gasteiger partial charge on any atom is -0.300 e. The zero-order valence-corrected chi connectivity index (χ0v) is 9.10. The van der Waals surface area contributed by atoms with E-state index in [9.17, 15) is 13.2 Å². The van der Waals surface area contributed by atoms with E-state index in [4.69, 9.17) is 11.6 Å². The minimum atomic E-state index is -2.37. The van der Waals surface area contributed by atoms with Gasteiger partial charge in [-0.25, -0.2) is 0 Å². The quantitative estimate of drug-likeness (QED) is 0.675. The molecule has 1 atom stereocenters. The van der Waals surface area contributed by atoms with Gasteiger partial charge >= 0.3 is 0 Å². The molecule has 0 aromatic rings. The van der Waals surface area contributed by atoms with Crippen molar-refractivity contribution in [3.8, 4) is 0 Å². The lowest BCUT2D eigenvalue weighted by atomic mass is 9.95.